The summed E-state index contributed by atoms with van der Waals surface area (Å²) in [5, 5.41) is 31.6. The van der Waals surface area contributed by atoms with Gasteiger partial charge >= 0.3 is 0 Å². The summed E-state index contributed by atoms with van der Waals surface area (Å²) in [4.78, 5) is 76.8. The van der Waals surface area contributed by atoms with Crippen LogP contribution >= 0.6 is 23.1 Å². The number of pyridine rings is 1. The number of aromatic nitrogens is 2. The van der Waals surface area contributed by atoms with Crippen LogP contribution in [0.3, 0.4) is 0 Å². The van der Waals surface area contributed by atoms with Crippen molar-refractivity contribution in [3.8, 4) is 0 Å². The van der Waals surface area contributed by atoms with Gasteiger partial charge in [0.05, 0.1) is 18.3 Å². The first-order valence-electron chi connectivity index (χ1n) is 16.1. The Labute approximate surface area is 295 Å². The number of amides is 4. The second-order valence-electron chi connectivity index (χ2n) is 12.1. The van der Waals surface area contributed by atoms with Crippen molar-refractivity contribution in [2.24, 2.45) is 5.16 Å². The molecule has 50 heavy (non-hydrogen) atoms. The van der Waals surface area contributed by atoms with E-state index in [-0.39, 0.29) is 71.2 Å². The first-order chi connectivity index (χ1) is 24.1. The van der Waals surface area contributed by atoms with Crippen molar-refractivity contribution in [1.29, 1.82) is 0 Å². The van der Waals surface area contributed by atoms with Crippen molar-refractivity contribution in [2.45, 2.75) is 62.7 Å². The lowest BCUT2D eigenvalue weighted by Crippen LogP contribution is -2.71. The Hall–Kier alpha value is -4.81. The Balaban J connectivity index is 1.11. The highest BCUT2D eigenvalue weighted by molar-refractivity contribution is 8.00. The first-order valence-corrected chi connectivity index (χ1v) is 18.1. The molecule has 2 aromatic rings. The van der Waals surface area contributed by atoms with Gasteiger partial charge < -0.3 is 41.1 Å². The Bertz CT molecular complexity index is 1770. The number of aliphatic hydroxyl groups excluding tert-OH is 1. The van der Waals surface area contributed by atoms with Gasteiger partial charge in [0.2, 0.25) is 12.5 Å². The van der Waals surface area contributed by atoms with Gasteiger partial charge in [-0.3, -0.25) is 24.1 Å². The average molecular weight is 725 g/mol. The van der Waals surface area contributed by atoms with E-state index in [2.05, 4.69) is 20.8 Å². The number of hydrogen-bond acceptors (Lipinski definition) is 13. The minimum atomic E-state index is -1.56. The lowest BCUT2D eigenvalue weighted by molar-refractivity contribution is -0.684. The van der Waals surface area contributed by atoms with Gasteiger partial charge in [0.1, 0.15) is 23.2 Å². The molecule has 0 spiro atoms. The van der Waals surface area contributed by atoms with Gasteiger partial charge in [0.15, 0.2) is 23.2 Å². The summed E-state index contributed by atoms with van der Waals surface area (Å²) >= 11 is 2.39. The molecule has 2 aromatic heterocycles. The molecule has 0 radical (unpaired) electrons. The van der Waals surface area contributed by atoms with E-state index in [1.165, 1.54) is 17.8 Å². The topological polar surface area (TPSA) is 224 Å². The van der Waals surface area contributed by atoms with Crippen LogP contribution in [0.5, 0.6) is 0 Å². The fourth-order valence-corrected chi connectivity index (χ4v) is 8.03. The highest BCUT2D eigenvalue weighted by Gasteiger charge is 2.53. The van der Waals surface area contributed by atoms with Gasteiger partial charge in [-0.05, 0) is 49.3 Å². The molecular weight excluding hydrogens is 689 g/mol. The number of carbonyl (C=O) groups excluding carboxylic acids is 5. The lowest BCUT2D eigenvalue weighted by atomic mass is 10.0. The third kappa shape index (κ3) is 7.66. The number of carboxylic acids is 1. The maximum atomic E-state index is 13.4. The summed E-state index contributed by atoms with van der Waals surface area (Å²) < 4.78 is 1.68. The van der Waals surface area contributed by atoms with E-state index >= 15 is 0 Å². The highest BCUT2D eigenvalue weighted by atomic mass is 32.2. The number of β-lactam (4-membered cyclic amide) rings is 1. The molecule has 5 N–H and O–H groups in total. The second-order valence-corrected chi connectivity index (χ2v) is 14.1. The first kappa shape index (κ1) is 35.0. The van der Waals surface area contributed by atoms with Crippen LogP contribution in [0.4, 0.5) is 5.13 Å². The standard InChI is InChI=1S/C32H36N8O8S2/c33-32-35-22(17-50-32)24(37-48-21-3-1-2-4-21)27(43)36-25-29(45)40-26(31(46)47)20(16-49-30(25)40)13-19-7-11-39(28(19)44)14-18-5-9-38(10-6-18)15-23(42)34-8-12-41/h5-6,9-10,13,17,21,25,30,41H,1-4,7-8,11-12,14-16H2,(H4-,33,34,35,36,42,43,46,47)/t25-,30-/m1/s1. The van der Waals surface area contributed by atoms with Gasteiger partial charge in [-0.25, -0.2) is 4.98 Å². The van der Waals surface area contributed by atoms with Crippen molar-refractivity contribution < 1.29 is 43.6 Å². The number of aliphatic hydroxyl groups is 1. The molecule has 2 atom stereocenters. The van der Waals surface area contributed by atoms with Crippen molar-refractivity contribution in [1.82, 2.24) is 25.4 Å². The molecule has 6 rings (SSSR count). The summed E-state index contributed by atoms with van der Waals surface area (Å²) in [6.45, 7) is 0.854. The number of hydrogen-bond donors (Lipinski definition) is 4. The van der Waals surface area contributed by atoms with Crippen molar-refractivity contribution in [3.05, 3.63) is 64.1 Å². The summed E-state index contributed by atoms with van der Waals surface area (Å²) in [5.41, 5.74) is 7.06. The minimum absolute atomic E-state index is 0.0873. The second kappa shape index (κ2) is 15.4. The summed E-state index contributed by atoms with van der Waals surface area (Å²) in [6, 6.07) is 2.57. The van der Waals surface area contributed by atoms with Crippen LogP contribution in [0.15, 0.2) is 58.0 Å². The number of rotatable bonds is 13. The highest BCUT2D eigenvalue weighted by Crippen LogP contribution is 2.41. The molecule has 1 saturated carbocycles. The molecule has 0 bridgehead atoms. The lowest BCUT2D eigenvalue weighted by Gasteiger charge is -2.50. The minimum Gasteiger partial charge on any atom is -0.543 e. The predicted molar refractivity (Wildman–Crippen MR) is 178 cm³/mol. The summed E-state index contributed by atoms with van der Waals surface area (Å²) in [5.74, 6) is -3.22. The molecule has 3 aliphatic heterocycles. The molecule has 18 heteroatoms. The van der Waals surface area contributed by atoms with Gasteiger partial charge in [-0.15, -0.1) is 23.1 Å². The van der Waals surface area contributed by atoms with Crippen LogP contribution in [0, 0.1) is 0 Å². The third-order valence-electron chi connectivity index (χ3n) is 8.71. The average Bonchev–Trinajstić information content (AvgIpc) is 3.86. The fourth-order valence-electron chi connectivity index (χ4n) is 6.17. The number of oxime groups is 1. The molecule has 3 fully saturated rings. The van der Waals surface area contributed by atoms with E-state index in [1.54, 1.807) is 39.4 Å². The summed E-state index contributed by atoms with van der Waals surface area (Å²) in [6.07, 6.45) is 8.87. The Morgan fingerprint density at radius 3 is 2.66 bits per heavy atom. The van der Waals surface area contributed by atoms with Crippen molar-refractivity contribution in [3.63, 3.8) is 0 Å². The van der Waals surface area contributed by atoms with Crippen LogP contribution < -0.4 is 26.0 Å². The van der Waals surface area contributed by atoms with E-state index in [0.29, 0.717) is 25.1 Å². The molecule has 5 heterocycles. The van der Waals surface area contributed by atoms with Gasteiger partial charge in [0, 0.05) is 48.5 Å². The zero-order valence-electron chi connectivity index (χ0n) is 26.9. The monoisotopic (exact) mass is 724 g/mol. The van der Waals surface area contributed by atoms with Crippen molar-refractivity contribution in [2.75, 3.05) is 31.2 Å². The fraction of sp³-hybridized carbons (Fsp3) is 0.438. The zero-order chi connectivity index (χ0) is 35.4. The molecule has 1 aliphatic carbocycles. The molecule has 4 aliphatic rings. The molecular formula is C32H36N8O8S2. The van der Waals surface area contributed by atoms with Crippen LogP contribution in [-0.2, 0) is 41.9 Å². The van der Waals surface area contributed by atoms with E-state index in [4.69, 9.17) is 15.7 Å². The molecule has 16 nitrogen and oxygen atoms in total. The third-order valence-corrected chi connectivity index (χ3v) is 10.7. The van der Waals surface area contributed by atoms with Crippen LogP contribution in [-0.4, -0.2) is 98.2 Å². The Morgan fingerprint density at radius 1 is 1.22 bits per heavy atom. The number of carboxylic acid groups (broad SMARTS) is 1. The number of aliphatic carboxylic acids is 1. The van der Waals surface area contributed by atoms with Crippen LogP contribution in [0.2, 0.25) is 0 Å². The van der Waals surface area contributed by atoms with Crippen molar-refractivity contribution >= 4 is 63.5 Å². The Morgan fingerprint density at radius 2 is 1.98 bits per heavy atom. The summed E-state index contributed by atoms with van der Waals surface area (Å²) in [7, 11) is 0. The number of thiazole rings is 1. The maximum absolute atomic E-state index is 13.4. The number of thioether (sulfide) groups is 1. The Kier molecular flexibility index (Phi) is 10.8. The van der Waals surface area contributed by atoms with E-state index < -0.39 is 29.2 Å². The number of nitrogens with two attached hydrogens (primary N) is 1. The molecule has 2 saturated heterocycles. The molecule has 264 valence electrons. The SMILES string of the molecule is Nc1nc(C(=NOC2CCCC2)C(=O)N[C@@H]2C(=O)N3C(C(=O)[O-])=C(C=C4CCN(Cc5cc[n+](CC(=O)NCCO)cc5)C4=O)CS[C@H]23)cs1. The van der Waals surface area contributed by atoms with Gasteiger partial charge in [0.25, 0.3) is 17.7 Å². The van der Waals surface area contributed by atoms with Gasteiger partial charge in [-0.1, -0.05) is 5.16 Å². The van der Waals surface area contributed by atoms with Gasteiger partial charge in [-0.2, -0.15) is 4.57 Å². The number of carbonyl (C=O) groups is 5. The largest absolute Gasteiger partial charge is 0.543 e. The molecule has 0 unspecified atom stereocenters. The predicted octanol–water partition coefficient (Wildman–Crippen LogP) is -1.45. The van der Waals surface area contributed by atoms with Crippen LogP contribution in [0.25, 0.3) is 0 Å². The number of anilines is 1. The number of nitrogens with zero attached hydrogens (tertiary/aromatic N) is 5. The normalized spacial score (nSPS) is 21.8. The number of nitrogen functional groups attached to an aromatic ring is 1. The smallest absolute Gasteiger partial charge is 0.286 e. The maximum Gasteiger partial charge on any atom is 0.286 e. The number of fused-ring (bicyclic) bond motifs is 1. The van der Waals surface area contributed by atoms with E-state index in [1.807, 2.05) is 0 Å². The number of nitrogens with one attached hydrogen (secondary N) is 2. The number of allylic oxidation sites excluding steroid dienone is 1. The van der Waals surface area contributed by atoms with Crippen LogP contribution in [0.1, 0.15) is 43.4 Å². The van der Waals surface area contributed by atoms with E-state index in [9.17, 15) is 29.1 Å². The molecule has 4 amide bonds. The number of likely N-dealkylation sites (tertiary alicyclic amines) is 1. The quantitative estimate of drug-likeness (QED) is 0.0615. The molecule has 0 aromatic carbocycles. The zero-order valence-corrected chi connectivity index (χ0v) is 28.5. The van der Waals surface area contributed by atoms with E-state index in [0.717, 1.165) is 47.5 Å².